The SMILES string of the molecule is CCCCOCCOCCOCCn1ccnc1C(C)C. The third-order valence-corrected chi connectivity index (χ3v) is 3.13. The second kappa shape index (κ2) is 11.7. The van der Waals surface area contributed by atoms with Crippen molar-refractivity contribution < 1.29 is 14.2 Å². The van der Waals surface area contributed by atoms with Crippen molar-refractivity contribution in [3.63, 3.8) is 0 Å². The Morgan fingerprint density at radius 3 is 2.24 bits per heavy atom. The average Bonchev–Trinajstić information content (AvgIpc) is 2.93. The lowest BCUT2D eigenvalue weighted by atomic mass is 10.2. The van der Waals surface area contributed by atoms with Gasteiger partial charge in [-0.2, -0.15) is 0 Å². The number of aromatic nitrogens is 2. The lowest BCUT2D eigenvalue weighted by Crippen LogP contribution is -2.13. The van der Waals surface area contributed by atoms with Gasteiger partial charge in [0.15, 0.2) is 0 Å². The molecular formula is C16H30N2O3. The van der Waals surface area contributed by atoms with E-state index in [1.54, 1.807) is 0 Å². The smallest absolute Gasteiger partial charge is 0.111 e. The Balaban J connectivity index is 1.92. The summed E-state index contributed by atoms with van der Waals surface area (Å²) < 4.78 is 18.6. The fourth-order valence-corrected chi connectivity index (χ4v) is 1.96. The van der Waals surface area contributed by atoms with Crippen LogP contribution in [0.4, 0.5) is 0 Å². The van der Waals surface area contributed by atoms with Crippen molar-refractivity contribution in [2.75, 3.05) is 39.6 Å². The molecule has 122 valence electrons. The molecule has 0 aromatic carbocycles. The van der Waals surface area contributed by atoms with E-state index in [0.29, 0.717) is 39.0 Å². The molecule has 0 atom stereocenters. The van der Waals surface area contributed by atoms with Gasteiger partial charge in [-0.25, -0.2) is 4.98 Å². The normalized spacial score (nSPS) is 11.4. The summed E-state index contributed by atoms with van der Waals surface area (Å²) in [6.45, 7) is 11.4. The summed E-state index contributed by atoms with van der Waals surface area (Å²) in [5.74, 6) is 1.55. The van der Waals surface area contributed by atoms with Crippen LogP contribution in [0.2, 0.25) is 0 Å². The van der Waals surface area contributed by atoms with Crippen LogP contribution < -0.4 is 0 Å². The molecule has 21 heavy (non-hydrogen) atoms. The fourth-order valence-electron chi connectivity index (χ4n) is 1.96. The number of unbranched alkanes of at least 4 members (excludes halogenated alkanes) is 1. The maximum Gasteiger partial charge on any atom is 0.111 e. The molecule has 0 aliphatic carbocycles. The monoisotopic (exact) mass is 298 g/mol. The van der Waals surface area contributed by atoms with E-state index in [9.17, 15) is 0 Å². The van der Waals surface area contributed by atoms with Gasteiger partial charge in [-0.3, -0.25) is 0 Å². The van der Waals surface area contributed by atoms with Crippen LogP contribution in [0.1, 0.15) is 45.4 Å². The highest BCUT2D eigenvalue weighted by Gasteiger charge is 2.06. The van der Waals surface area contributed by atoms with Gasteiger partial charge in [-0.05, 0) is 6.42 Å². The highest BCUT2D eigenvalue weighted by Crippen LogP contribution is 2.11. The van der Waals surface area contributed by atoms with Crippen LogP contribution in [0.15, 0.2) is 12.4 Å². The van der Waals surface area contributed by atoms with E-state index in [-0.39, 0.29) is 0 Å². The van der Waals surface area contributed by atoms with Crippen molar-refractivity contribution in [1.82, 2.24) is 9.55 Å². The third-order valence-electron chi connectivity index (χ3n) is 3.13. The highest BCUT2D eigenvalue weighted by atomic mass is 16.5. The zero-order valence-electron chi connectivity index (χ0n) is 13.7. The maximum atomic E-state index is 5.57. The number of hydrogen-bond acceptors (Lipinski definition) is 4. The first-order chi connectivity index (χ1) is 10.3. The predicted octanol–water partition coefficient (Wildman–Crippen LogP) is 2.86. The van der Waals surface area contributed by atoms with E-state index >= 15 is 0 Å². The molecule has 1 rings (SSSR count). The minimum atomic E-state index is 0.441. The van der Waals surface area contributed by atoms with E-state index in [4.69, 9.17) is 14.2 Å². The quantitative estimate of drug-likeness (QED) is 0.525. The van der Waals surface area contributed by atoms with E-state index in [1.165, 1.54) is 6.42 Å². The summed E-state index contributed by atoms with van der Waals surface area (Å²) in [6, 6.07) is 0. The topological polar surface area (TPSA) is 45.5 Å². The molecule has 1 aromatic heterocycles. The molecule has 0 aliphatic rings. The molecule has 0 radical (unpaired) electrons. The summed E-state index contributed by atoms with van der Waals surface area (Å²) in [5.41, 5.74) is 0. The van der Waals surface area contributed by atoms with Crippen LogP contribution in [-0.4, -0.2) is 49.2 Å². The Bertz CT molecular complexity index is 353. The van der Waals surface area contributed by atoms with Gasteiger partial charge >= 0.3 is 0 Å². The number of rotatable bonds is 13. The van der Waals surface area contributed by atoms with Gasteiger partial charge in [-0.15, -0.1) is 0 Å². The van der Waals surface area contributed by atoms with Gasteiger partial charge < -0.3 is 18.8 Å². The van der Waals surface area contributed by atoms with Crippen LogP contribution in [0.3, 0.4) is 0 Å². The number of nitrogens with zero attached hydrogens (tertiary/aromatic N) is 2. The van der Waals surface area contributed by atoms with Crippen molar-refractivity contribution in [3.8, 4) is 0 Å². The molecule has 5 nitrogen and oxygen atoms in total. The molecule has 0 amide bonds. The standard InChI is InChI=1S/C16H30N2O3/c1-4-5-9-19-11-13-21-14-12-20-10-8-18-7-6-17-16(18)15(2)3/h6-7,15H,4-5,8-14H2,1-3H3. The average molecular weight is 298 g/mol. The molecule has 0 unspecified atom stereocenters. The number of hydrogen-bond donors (Lipinski definition) is 0. The highest BCUT2D eigenvalue weighted by molar-refractivity contribution is 4.97. The fraction of sp³-hybridized carbons (Fsp3) is 0.812. The molecule has 0 N–H and O–H groups in total. The molecule has 0 fully saturated rings. The summed E-state index contributed by atoms with van der Waals surface area (Å²) >= 11 is 0. The van der Waals surface area contributed by atoms with Crippen LogP contribution in [0, 0.1) is 0 Å². The minimum Gasteiger partial charge on any atom is -0.379 e. The molecule has 0 saturated carbocycles. The summed E-state index contributed by atoms with van der Waals surface area (Å²) in [6.07, 6.45) is 6.14. The Hall–Kier alpha value is -0.910. The second-order valence-corrected chi connectivity index (χ2v) is 5.32. The summed E-state index contributed by atoms with van der Waals surface area (Å²) in [7, 11) is 0. The van der Waals surface area contributed by atoms with Crippen molar-refractivity contribution in [2.45, 2.75) is 46.1 Å². The Morgan fingerprint density at radius 1 is 1.00 bits per heavy atom. The molecule has 5 heteroatoms. The van der Waals surface area contributed by atoms with Crippen LogP contribution in [0.25, 0.3) is 0 Å². The Labute approximate surface area is 128 Å². The molecule has 1 aromatic rings. The molecule has 1 heterocycles. The van der Waals surface area contributed by atoms with Crippen molar-refractivity contribution in [2.24, 2.45) is 0 Å². The molecule has 0 spiro atoms. The molecule has 0 bridgehead atoms. The van der Waals surface area contributed by atoms with Gasteiger partial charge in [0.25, 0.3) is 0 Å². The molecular weight excluding hydrogens is 268 g/mol. The van der Waals surface area contributed by atoms with Gasteiger partial charge in [0.05, 0.1) is 33.0 Å². The predicted molar refractivity (Wildman–Crippen MR) is 83.7 cm³/mol. The van der Waals surface area contributed by atoms with Crippen LogP contribution in [0.5, 0.6) is 0 Å². The van der Waals surface area contributed by atoms with Crippen LogP contribution >= 0.6 is 0 Å². The van der Waals surface area contributed by atoms with E-state index in [0.717, 1.165) is 25.4 Å². The Kier molecular flexibility index (Phi) is 10.1. The molecule has 0 aliphatic heterocycles. The molecule has 0 saturated heterocycles. The van der Waals surface area contributed by atoms with Crippen LogP contribution in [-0.2, 0) is 20.8 Å². The lowest BCUT2D eigenvalue weighted by molar-refractivity contribution is 0.0126. The Morgan fingerprint density at radius 2 is 1.62 bits per heavy atom. The number of ether oxygens (including phenoxy) is 3. The van der Waals surface area contributed by atoms with Gasteiger partial charge in [-0.1, -0.05) is 27.2 Å². The summed E-state index contributed by atoms with van der Waals surface area (Å²) in [5, 5.41) is 0. The second-order valence-electron chi connectivity index (χ2n) is 5.32. The zero-order valence-corrected chi connectivity index (χ0v) is 13.7. The lowest BCUT2D eigenvalue weighted by Gasteiger charge is -2.11. The number of imidazole rings is 1. The van der Waals surface area contributed by atoms with Gasteiger partial charge in [0, 0.05) is 31.5 Å². The first-order valence-electron chi connectivity index (χ1n) is 8.00. The van der Waals surface area contributed by atoms with E-state index in [2.05, 4.69) is 30.3 Å². The summed E-state index contributed by atoms with van der Waals surface area (Å²) in [4.78, 5) is 4.35. The van der Waals surface area contributed by atoms with Gasteiger partial charge in [0.1, 0.15) is 5.82 Å². The van der Waals surface area contributed by atoms with Crippen molar-refractivity contribution >= 4 is 0 Å². The first-order valence-corrected chi connectivity index (χ1v) is 8.00. The van der Waals surface area contributed by atoms with E-state index < -0.39 is 0 Å². The van der Waals surface area contributed by atoms with Crippen molar-refractivity contribution in [3.05, 3.63) is 18.2 Å². The zero-order chi connectivity index (χ0) is 15.3. The van der Waals surface area contributed by atoms with Crippen molar-refractivity contribution in [1.29, 1.82) is 0 Å². The maximum absolute atomic E-state index is 5.57. The largest absolute Gasteiger partial charge is 0.379 e. The van der Waals surface area contributed by atoms with Gasteiger partial charge in [0.2, 0.25) is 0 Å². The minimum absolute atomic E-state index is 0.441. The van der Waals surface area contributed by atoms with E-state index in [1.807, 2.05) is 12.4 Å². The first kappa shape index (κ1) is 18.1. The third kappa shape index (κ3) is 8.19.